The molecule has 42 heavy (non-hydrogen) atoms. The normalized spacial score (nSPS) is 13.1. The number of fused-ring (bicyclic) bond motifs is 1. The molecule has 6 N–H and O–H groups in total. The third kappa shape index (κ3) is 9.51. The molecule has 0 aliphatic heterocycles. The van der Waals surface area contributed by atoms with Crippen LogP contribution in [0.1, 0.15) is 34.5 Å². The molecule has 0 saturated heterocycles. The summed E-state index contributed by atoms with van der Waals surface area (Å²) < 4.78 is 58.6. The number of carboxylic acid groups (broad SMARTS) is 1. The van der Waals surface area contributed by atoms with Crippen LogP contribution < -0.4 is 21.1 Å². The molecule has 0 aliphatic rings. The molecule has 3 aromatic rings. The number of nitrogens with two attached hydrogens (primary N) is 1. The Morgan fingerprint density at radius 2 is 1.62 bits per heavy atom. The highest BCUT2D eigenvalue weighted by molar-refractivity contribution is 7.87. The molecule has 2 atom stereocenters. The maximum atomic E-state index is 13.1. The Kier molecular flexibility index (Phi) is 11.6. The molecule has 0 fully saturated rings. The van der Waals surface area contributed by atoms with Gasteiger partial charge < -0.3 is 21.5 Å². The summed E-state index contributed by atoms with van der Waals surface area (Å²) in [5, 5.41) is 15.0. The maximum absolute atomic E-state index is 13.1. The number of nitrogens with one attached hydrogen (secondary N) is 3. The first-order valence-corrected chi connectivity index (χ1v) is 13.8. The predicted molar refractivity (Wildman–Crippen MR) is 152 cm³/mol. The summed E-state index contributed by atoms with van der Waals surface area (Å²) in [6.07, 6.45) is -5.08. The number of carbonyl (C=O) groups excluding carboxylic acids is 2. The van der Waals surface area contributed by atoms with Crippen LogP contribution >= 0.6 is 0 Å². The van der Waals surface area contributed by atoms with Crippen LogP contribution in [0.2, 0.25) is 0 Å². The quantitative estimate of drug-likeness (QED) is 0.248. The minimum absolute atomic E-state index is 0.246. The second-order valence-electron chi connectivity index (χ2n) is 9.33. The van der Waals surface area contributed by atoms with E-state index in [1.54, 1.807) is 18.2 Å². The maximum Gasteiger partial charge on any atom is 0.490 e. The number of amides is 2. The third-order valence-electron chi connectivity index (χ3n) is 5.93. The number of carbonyl (C=O) groups is 3. The van der Waals surface area contributed by atoms with Crippen molar-refractivity contribution in [2.75, 3.05) is 26.0 Å². The van der Waals surface area contributed by atoms with E-state index in [1.807, 2.05) is 56.3 Å². The van der Waals surface area contributed by atoms with E-state index in [-0.39, 0.29) is 18.5 Å². The molecule has 0 saturated carbocycles. The minimum atomic E-state index is -5.08. The molecule has 0 aliphatic carbocycles. The molecule has 0 heterocycles. The van der Waals surface area contributed by atoms with Gasteiger partial charge in [-0.3, -0.25) is 9.59 Å². The van der Waals surface area contributed by atoms with Crippen LogP contribution in [0.3, 0.4) is 0 Å². The van der Waals surface area contributed by atoms with Gasteiger partial charge in [-0.05, 0) is 47.9 Å². The Morgan fingerprint density at radius 1 is 1.02 bits per heavy atom. The molecule has 11 nitrogen and oxygen atoms in total. The van der Waals surface area contributed by atoms with Gasteiger partial charge in [-0.2, -0.15) is 25.9 Å². The molecular weight excluding hydrogens is 579 g/mol. The molecule has 0 radical (unpaired) electrons. The zero-order valence-corrected chi connectivity index (χ0v) is 24.0. The summed E-state index contributed by atoms with van der Waals surface area (Å²) in [5.74, 6) is -3.61. The number of benzene rings is 3. The zero-order chi connectivity index (χ0) is 31.8. The van der Waals surface area contributed by atoms with E-state index in [0.29, 0.717) is 11.3 Å². The number of carboxylic acids is 1. The molecule has 0 bridgehead atoms. The molecule has 228 valence electrons. The number of hydrogen-bond acceptors (Lipinski definition) is 6. The molecule has 3 aromatic carbocycles. The lowest BCUT2D eigenvalue weighted by Crippen LogP contribution is -2.47. The van der Waals surface area contributed by atoms with Gasteiger partial charge in [0.05, 0.1) is 12.1 Å². The van der Waals surface area contributed by atoms with E-state index in [1.165, 1.54) is 14.1 Å². The first kappa shape index (κ1) is 34.2. The topological polar surface area (TPSA) is 171 Å². The first-order valence-electron chi connectivity index (χ1n) is 12.4. The van der Waals surface area contributed by atoms with Gasteiger partial charge in [-0.1, -0.05) is 48.5 Å². The number of alkyl halides is 3. The highest BCUT2D eigenvalue weighted by Crippen LogP contribution is 2.25. The summed E-state index contributed by atoms with van der Waals surface area (Å²) in [6, 6.07) is 17.6. The van der Waals surface area contributed by atoms with E-state index in [9.17, 15) is 31.2 Å². The fraction of sp³-hybridized carbons (Fsp3) is 0.296. The van der Waals surface area contributed by atoms with Gasteiger partial charge in [0.25, 0.3) is 16.1 Å². The average molecular weight is 612 g/mol. The number of aliphatic carboxylic acids is 1. The van der Waals surface area contributed by atoms with Gasteiger partial charge in [0.1, 0.15) is 0 Å². The monoisotopic (exact) mass is 611 g/mol. The zero-order valence-electron chi connectivity index (χ0n) is 23.2. The Hall–Kier alpha value is -4.05. The van der Waals surface area contributed by atoms with Crippen molar-refractivity contribution in [2.45, 2.75) is 32.1 Å². The van der Waals surface area contributed by atoms with Crippen molar-refractivity contribution in [1.29, 1.82) is 0 Å². The van der Waals surface area contributed by atoms with Crippen molar-refractivity contribution in [1.82, 2.24) is 14.3 Å². The van der Waals surface area contributed by atoms with E-state index in [4.69, 9.17) is 15.6 Å². The highest BCUT2D eigenvalue weighted by Gasteiger charge is 2.38. The van der Waals surface area contributed by atoms with Crippen molar-refractivity contribution in [2.24, 2.45) is 5.73 Å². The summed E-state index contributed by atoms with van der Waals surface area (Å²) in [4.78, 5) is 34.5. The lowest BCUT2D eigenvalue weighted by Gasteiger charge is -2.18. The van der Waals surface area contributed by atoms with Crippen LogP contribution in [0, 0.1) is 6.92 Å². The number of aryl methyl sites for hydroxylation is 1. The van der Waals surface area contributed by atoms with Gasteiger partial charge in [-0.25, -0.2) is 9.52 Å². The Labute approximate surface area is 241 Å². The Morgan fingerprint density at radius 3 is 2.21 bits per heavy atom. The average Bonchev–Trinajstić information content (AvgIpc) is 2.92. The van der Waals surface area contributed by atoms with Crippen LogP contribution in [0.25, 0.3) is 10.8 Å². The van der Waals surface area contributed by atoms with Gasteiger partial charge in [0.15, 0.2) is 0 Å². The first-order chi connectivity index (χ1) is 19.4. The van der Waals surface area contributed by atoms with Gasteiger partial charge >= 0.3 is 12.1 Å². The summed E-state index contributed by atoms with van der Waals surface area (Å²) in [5.41, 5.74) is 8.39. The largest absolute Gasteiger partial charge is 0.490 e. The van der Waals surface area contributed by atoms with Gasteiger partial charge in [0.2, 0.25) is 5.91 Å². The Bertz CT molecular complexity index is 1540. The second kappa shape index (κ2) is 14.2. The van der Waals surface area contributed by atoms with E-state index in [0.717, 1.165) is 26.2 Å². The number of hydrogen-bond donors (Lipinski definition) is 5. The summed E-state index contributed by atoms with van der Waals surface area (Å²) >= 11 is 0. The Balaban J connectivity index is 0.000000782. The standard InChI is InChI=1S/C25H31N5O4S.C2HF3O2/c1-16-12-13-19(29-25(32)23(26)15-27-35(33,34)30(3)4)14-22(16)24(31)28-17(2)20-11-7-9-18-8-5-6-10-21(18)20;3-2(4,5)1(6)7/h5-14,17,23,27H,15,26H2,1-4H3,(H,28,31)(H,29,32);(H,6,7)/t17-,23+;/m1./s1. The van der Waals surface area contributed by atoms with E-state index >= 15 is 0 Å². The molecule has 2 amide bonds. The predicted octanol–water partition coefficient (Wildman–Crippen LogP) is 2.93. The van der Waals surface area contributed by atoms with Crippen LogP contribution in [-0.4, -0.2) is 68.5 Å². The van der Waals surface area contributed by atoms with Crippen molar-refractivity contribution in [3.05, 3.63) is 77.4 Å². The minimum Gasteiger partial charge on any atom is -0.475 e. The van der Waals surface area contributed by atoms with Gasteiger partial charge in [0, 0.05) is 31.9 Å². The molecule has 3 rings (SSSR count). The fourth-order valence-electron chi connectivity index (χ4n) is 3.58. The number of halogens is 3. The molecule has 0 spiro atoms. The van der Waals surface area contributed by atoms with Crippen LogP contribution in [-0.2, 0) is 19.8 Å². The number of rotatable bonds is 9. The summed E-state index contributed by atoms with van der Waals surface area (Å²) in [7, 11) is -0.963. The summed E-state index contributed by atoms with van der Waals surface area (Å²) in [6.45, 7) is 3.47. The molecule has 15 heteroatoms. The lowest BCUT2D eigenvalue weighted by molar-refractivity contribution is -0.192. The molecule has 0 aromatic heterocycles. The smallest absolute Gasteiger partial charge is 0.475 e. The van der Waals surface area contributed by atoms with Crippen LogP contribution in [0.4, 0.5) is 18.9 Å². The van der Waals surface area contributed by atoms with Crippen molar-refractivity contribution >= 4 is 44.5 Å². The molecule has 0 unspecified atom stereocenters. The number of anilines is 1. The van der Waals surface area contributed by atoms with Crippen molar-refractivity contribution in [3.8, 4) is 0 Å². The van der Waals surface area contributed by atoms with E-state index in [2.05, 4.69) is 15.4 Å². The van der Waals surface area contributed by atoms with Crippen LogP contribution in [0.15, 0.2) is 60.7 Å². The van der Waals surface area contributed by atoms with Crippen LogP contribution in [0.5, 0.6) is 0 Å². The fourth-order valence-corrected chi connectivity index (χ4v) is 4.22. The van der Waals surface area contributed by atoms with E-state index < -0.39 is 34.3 Å². The third-order valence-corrected chi connectivity index (χ3v) is 7.43. The lowest BCUT2D eigenvalue weighted by atomic mass is 9.99. The number of nitrogens with zero attached hydrogens (tertiary/aromatic N) is 1. The van der Waals surface area contributed by atoms with Gasteiger partial charge in [-0.15, -0.1) is 0 Å². The molecular formula is C27H32F3N5O6S. The van der Waals surface area contributed by atoms with Crippen molar-refractivity contribution < 1.29 is 41.1 Å². The SMILES string of the molecule is Cc1ccc(NC(=O)[C@@H](N)CNS(=O)(=O)N(C)C)cc1C(=O)N[C@H](C)c1cccc2ccccc12.O=C(O)C(F)(F)F. The van der Waals surface area contributed by atoms with Crippen molar-refractivity contribution in [3.63, 3.8) is 0 Å². The highest BCUT2D eigenvalue weighted by atomic mass is 32.2. The second-order valence-corrected chi connectivity index (χ2v) is 11.3.